The van der Waals surface area contributed by atoms with Gasteiger partial charge in [-0.3, -0.25) is 4.79 Å². The van der Waals surface area contributed by atoms with Crippen molar-refractivity contribution >= 4 is 17.2 Å². The molecule has 0 radical (unpaired) electrons. The van der Waals surface area contributed by atoms with Gasteiger partial charge in [-0.15, -0.1) is 0 Å². The van der Waals surface area contributed by atoms with Gasteiger partial charge in [0.1, 0.15) is 17.1 Å². The van der Waals surface area contributed by atoms with E-state index >= 15 is 0 Å². The fourth-order valence-corrected chi connectivity index (χ4v) is 2.52. The zero-order valence-corrected chi connectivity index (χ0v) is 14.0. The molecule has 2 heterocycles. The summed E-state index contributed by atoms with van der Waals surface area (Å²) in [6.07, 6.45) is 1.51. The van der Waals surface area contributed by atoms with Crippen LogP contribution in [-0.2, 0) is 0 Å². The van der Waals surface area contributed by atoms with Crippen LogP contribution in [0.3, 0.4) is 0 Å². The van der Waals surface area contributed by atoms with Gasteiger partial charge in [-0.1, -0.05) is 0 Å². The third-order valence-corrected chi connectivity index (χ3v) is 3.68. The zero-order chi connectivity index (χ0) is 17.3. The minimum atomic E-state index is -0.300. The largest absolute Gasteiger partial charge is 0.497 e. The van der Waals surface area contributed by atoms with Crippen LogP contribution in [-0.4, -0.2) is 34.7 Å². The van der Waals surface area contributed by atoms with Crippen molar-refractivity contribution < 1.29 is 14.3 Å². The first-order chi connectivity index (χ1) is 11.5. The van der Waals surface area contributed by atoms with Crippen LogP contribution in [0.25, 0.3) is 5.65 Å². The number of methoxy groups -OCH3 is 2. The van der Waals surface area contributed by atoms with Crippen molar-refractivity contribution in [3.05, 3.63) is 47.4 Å². The van der Waals surface area contributed by atoms with Crippen molar-refractivity contribution in [2.45, 2.75) is 13.8 Å². The van der Waals surface area contributed by atoms with E-state index in [-0.39, 0.29) is 5.91 Å². The fourth-order valence-electron chi connectivity index (χ4n) is 2.52. The molecule has 0 saturated carbocycles. The smallest absolute Gasteiger partial charge is 0.261 e. The molecule has 0 aliphatic heterocycles. The summed E-state index contributed by atoms with van der Waals surface area (Å²) in [5.74, 6) is 0.860. The first-order valence-electron chi connectivity index (χ1n) is 7.39. The summed E-state index contributed by atoms with van der Waals surface area (Å²) in [6, 6.07) is 7.10. The lowest BCUT2D eigenvalue weighted by Gasteiger charge is -2.11. The number of carbonyl (C=O) groups excluding carboxylic acids is 1. The SMILES string of the molecule is COc1ccc(NC(=O)c2cnn3c(C)cc(C)nc23)c(OC)c1. The van der Waals surface area contributed by atoms with Crippen LogP contribution >= 0.6 is 0 Å². The Kier molecular flexibility index (Phi) is 4.07. The maximum atomic E-state index is 12.6. The van der Waals surface area contributed by atoms with Gasteiger partial charge in [-0.25, -0.2) is 9.50 Å². The zero-order valence-electron chi connectivity index (χ0n) is 14.0. The average Bonchev–Trinajstić information content (AvgIpc) is 2.99. The molecule has 0 spiro atoms. The quantitative estimate of drug-likeness (QED) is 0.797. The molecule has 3 aromatic rings. The second-order valence-electron chi connectivity index (χ2n) is 5.35. The number of anilines is 1. The van der Waals surface area contributed by atoms with E-state index in [1.54, 1.807) is 29.8 Å². The third kappa shape index (κ3) is 2.76. The molecule has 0 atom stereocenters. The normalized spacial score (nSPS) is 10.7. The lowest BCUT2D eigenvalue weighted by molar-refractivity contribution is 0.102. The summed E-state index contributed by atoms with van der Waals surface area (Å²) in [6.45, 7) is 3.80. The maximum absolute atomic E-state index is 12.6. The number of rotatable bonds is 4. The topological polar surface area (TPSA) is 77.8 Å². The van der Waals surface area contributed by atoms with E-state index in [1.165, 1.54) is 13.3 Å². The van der Waals surface area contributed by atoms with Crippen molar-refractivity contribution in [3.8, 4) is 11.5 Å². The Bertz CT molecular complexity index is 918. The Balaban J connectivity index is 1.96. The van der Waals surface area contributed by atoms with E-state index in [0.29, 0.717) is 28.4 Å². The number of nitrogens with one attached hydrogen (secondary N) is 1. The Morgan fingerprint density at radius 1 is 1.17 bits per heavy atom. The molecule has 7 heteroatoms. The first kappa shape index (κ1) is 15.8. The fraction of sp³-hybridized carbons (Fsp3) is 0.235. The summed E-state index contributed by atoms with van der Waals surface area (Å²) < 4.78 is 12.1. The van der Waals surface area contributed by atoms with E-state index in [9.17, 15) is 4.79 Å². The molecule has 1 N–H and O–H groups in total. The van der Waals surface area contributed by atoms with Crippen LogP contribution in [0.5, 0.6) is 11.5 Å². The number of ether oxygens (including phenoxy) is 2. The summed E-state index contributed by atoms with van der Waals surface area (Å²) in [5, 5.41) is 7.07. The van der Waals surface area contributed by atoms with Crippen LogP contribution in [0.2, 0.25) is 0 Å². The summed E-state index contributed by atoms with van der Waals surface area (Å²) in [7, 11) is 3.11. The molecule has 0 unspecified atom stereocenters. The van der Waals surface area contributed by atoms with Crippen molar-refractivity contribution in [2.75, 3.05) is 19.5 Å². The van der Waals surface area contributed by atoms with Gasteiger partial charge < -0.3 is 14.8 Å². The molecular weight excluding hydrogens is 308 g/mol. The van der Waals surface area contributed by atoms with Crippen molar-refractivity contribution in [2.24, 2.45) is 0 Å². The van der Waals surface area contributed by atoms with Gasteiger partial charge in [0.15, 0.2) is 5.65 Å². The van der Waals surface area contributed by atoms with Gasteiger partial charge >= 0.3 is 0 Å². The number of benzene rings is 1. The molecule has 1 aromatic carbocycles. The molecule has 0 bridgehead atoms. The molecule has 0 fully saturated rings. The molecular formula is C17H18N4O3. The van der Waals surface area contributed by atoms with Crippen molar-refractivity contribution in [3.63, 3.8) is 0 Å². The molecule has 2 aromatic heterocycles. The third-order valence-electron chi connectivity index (χ3n) is 3.68. The standard InChI is InChI=1S/C17H18N4O3/c1-10-7-11(2)21-16(19-10)13(9-18-21)17(22)20-14-6-5-12(23-3)8-15(14)24-4/h5-9H,1-4H3,(H,20,22). The van der Waals surface area contributed by atoms with E-state index in [0.717, 1.165) is 11.4 Å². The molecule has 24 heavy (non-hydrogen) atoms. The molecule has 1 amide bonds. The predicted molar refractivity (Wildman–Crippen MR) is 90.0 cm³/mol. The van der Waals surface area contributed by atoms with Crippen LogP contribution in [0.15, 0.2) is 30.5 Å². The number of hydrogen-bond acceptors (Lipinski definition) is 5. The predicted octanol–water partition coefficient (Wildman–Crippen LogP) is 2.62. The van der Waals surface area contributed by atoms with Crippen LogP contribution < -0.4 is 14.8 Å². The van der Waals surface area contributed by atoms with Gasteiger partial charge in [0.05, 0.1) is 26.1 Å². The number of amides is 1. The molecule has 3 rings (SSSR count). The highest BCUT2D eigenvalue weighted by Crippen LogP contribution is 2.29. The highest BCUT2D eigenvalue weighted by Gasteiger charge is 2.17. The lowest BCUT2D eigenvalue weighted by Crippen LogP contribution is -2.13. The molecule has 0 aliphatic carbocycles. The minimum Gasteiger partial charge on any atom is -0.497 e. The van der Waals surface area contributed by atoms with Gasteiger partial charge in [-0.2, -0.15) is 5.10 Å². The maximum Gasteiger partial charge on any atom is 0.261 e. The van der Waals surface area contributed by atoms with Crippen molar-refractivity contribution in [1.29, 1.82) is 0 Å². The summed E-state index contributed by atoms with van der Waals surface area (Å²) in [5.41, 5.74) is 3.22. The van der Waals surface area contributed by atoms with Gasteiger partial charge in [0.2, 0.25) is 0 Å². The van der Waals surface area contributed by atoms with E-state index in [4.69, 9.17) is 9.47 Å². The van der Waals surface area contributed by atoms with Gasteiger partial charge in [0.25, 0.3) is 5.91 Å². The van der Waals surface area contributed by atoms with Gasteiger partial charge in [-0.05, 0) is 32.0 Å². The van der Waals surface area contributed by atoms with Crippen LogP contribution in [0.1, 0.15) is 21.7 Å². The first-order valence-corrected chi connectivity index (χ1v) is 7.39. The van der Waals surface area contributed by atoms with E-state index in [1.807, 2.05) is 19.9 Å². The number of hydrogen-bond donors (Lipinski definition) is 1. The highest BCUT2D eigenvalue weighted by atomic mass is 16.5. The Hall–Kier alpha value is -3.09. The number of fused-ring (bicyclic) bond motifs is 1. The molecule has 124 valence electrons. The molecule has 0 saturated heterocycles. The number of carbonyl (C=O) groups is 1. The number of nitrogens with zero attached hydrogens (tertiary/aromatic N) is 3. The second kappa shape index (κ2) is 6.19. The second-order valence-corrected chi connectivity index (χ2v) is 5.35. The summed E-state index contributed by atoms with van der Waals surface area (Å²) in [4.78, 5) is 17.1. The van der Waals surface area contributed by atoms with Crippen LogP contribution in [0.4, 0.5) is 5.69 Å². The lowest BCUT2D eigenvalue weighted by atomic mass is 10.2. The van der Waals surface area contributed by atoms with Crippen LogP contribution in [0, 0.1) is 13.8 Å². The van der Waals surface area contributed by atoms with Crippen molar-refractivity contribution in [1.82, 2.24) is 14.6 Å². The monoisotopic (exact) mass is 326 g/mol. The van der Waals surface area contributed by atoms with Gasteiger partial charge in [0, 0.05) is 17.5 Å². The highest BCUT2D eigenvalue weighted by molar-refractivity contribution is 6.08. The number of aryl methyl sites for hydroxylation is 2. The minimum absolute atomic E-state index is 0.300. The Labute approximate surface area is 139 Å². The summed E-state index contributed by atoms with van der Waals surface area (Å²) >= 11 is 0. The average molecular weight is 326 g/mol. The Morgan fingerprint density at radius 3 is 2.67 bits per heavy atom. The van der Waals surface area contributed by atoms with E-state index in [2.05, 4.69) is 15.4 Å². The Morgan fingerprint density at radius 2 is 1.96 bits per heavy atom. The number of aromatic nitrogens is 3. The molecule has 0 aliphatic rings. The molecule has 7 nitrogen and oxygen atoms in total. The van der Waals surface area contributed by atoms with E-state index < -0.39 is 0 Å².